The molecule has 0 spiro atoms. The summed E-state index contributed by atoms with van der Waals surface area (Å²) < 4.78 is 1.04. The predicted molar refractivity (Wildman–Crippen MR) is 132 cm³/mol. The van der Waals surface area contributed by atoms with Gasteiger partial charge in [-0.3, -0.25) is 9.59 Å². The topological polar surface area (TPSA) is 61.4 Å². The lowest BCUT2D eigenvalue weighted by atomic mass is 10.0. The Hall–Kier alpha value is -3.12. The molecule has 0 radical (unpaired) electrons. The van der Waals surface area contributed by atoms with Crippen LogP contribution in [0.15, 0.2) is 83.3 Å². The summed E-state index contributed by atoms with van der Waals surface area (Å²) in [6, 6.07) is 25.8. The van der Waals surface area contributed by atoms with E-state index in [1.54, 1.807) is 12.1 Å². The van der Waals surface area contributed by atoms with Gasteiger partial charge in [-0.25, -0.2) is 0 Å². The van der Waals surface area contributed by atoms with E-state index in [0.29, 0.717) is 24.7 Å². The molecular formula is C26H26BrN3O2. The summed E-state index contributed by atoms with van der Waals surface area (Å²) in [7, 11) is 0. The third-order valence-electron chi connectivity index (χ3n) is 5.74. The highest BCUT2D eigenvalue weighted by Crippen LogP contribution is 2.24. The lowest BCUT2D eigenvalue weighted by molar-refractivity contribution is -0.131. The maximum Gasteiger partial charge on any atom is 0.251 e. The van der Waals surface area contributed by atoms with Crippen LogP contribution in [0.3, 0.4) is 0 Å². The Bertz CT molecular complexity index is 1060. The van der Waals surface area contributed by atoms with Gasteiger partial charge in [0.05, 0.1) is 6.54 Å². The number of nitrogens with zero attached hydrogens (tertiary/aromatic N) is 1. The van der Waals surface area contributed by atoms with E-state index in [1.165, 1.54) is 0 Å². The van der Waals surface area contributed by atoms with Crippen LogP contribution in [0.1, 0.15) is 23.2 Å². The van der Waals surface area contributed by atoms with Gasteiger partial charge in [0.15, 0.2) is 0 Å². The molecule has 1 aliphatic rings. The second-order valence-corrected chi connectivity index (χ2v) is 8.76. The number of nitrogens with one attached hydrogen (secondary N) is 2. The molecule has 4 rings (SSSR count). The largest absolute Gasteiger partial charge is 0.381 e. The molecule has 32 heavy (non-hydrogen) atoms. The van der Waals surface area contributed by atoms with Crippen LogP contribution in [-0.4, -0.2) is 42.4 Å². The van der Waals surface area contributed by atoms with Crippen LogP contribution in [0.5, 0.6) is 0 Å². The van der Waals surface area contributed by atoms with E-state index in [0.717, 1.165) is 34.1 Å². The molecule has 0 aliphatic carbocycles. The van der Waals surface area contributed by atoms with E-state index in [2.05, 4.69) is 26.6 Å². The zero-order valence-corrected chi connectivity index (χ0v) is 19.3. The summed E-state index contributed by atoms with van der Waals surface area (Å²) in [5.74, 6) is -0.276. The van der Waals surface area contributed by atoms with Crippen LogP contribution in [0.25, 0.3) is 11.1 Å². The molecule has 6 heteroatoms. The van der Waals surface area contributed by atoms with Crippen molar-refractivity contribution >= 4 is 33.4 Å². The molecule has 2 amide bonds. The van der Waals surface area contributed by atoms with Gasteiger partial charge < -0.3 is 15.5 Å². The minimum atomic E-state index is -0.233. The van der Waals surface area contributed by atoms with Crippen molar-refractivity contribution < 1.29 is 9.59 Å². The second-order valence-electron chi connectivity index (χ2n) is 7.91. The van der Waals surface area contributed by atoms with E-state index < -0.39 is 0 Å². The number of carbonyl (C=O) groups excluding carboxylic acids is 2. The van der Waals surface area contributed by atoms with Crippen LogP contribution in [-0.2, 0) is 4.79 Å². The van der Waals surface area contributed by atoms with Crippen molar-refractivity contribution in [2.45, 2.75) is 18.9 Å². The first-order chi connectivity index (χ1) is 15.6. The van der Waals surface area contributed by atoms with Crippen molar-refractivity contribution in [3.05, 3.63) is 88.9 Å². The number of hydrogen-bond acceptors (Lipinski definition) is 3. The highest BCUT2D eigenvalue weighted by atomic mass is 79.9. The smallest absolute Gasteiger partial charge is 0.251 e. The average Bonchev–Trinajstić information content (AvgIpc) is 2.85. The van der Waals surface area contributed by atoms with Crippen molar-refractivity contribution in [2.24, 2.45) is 0 Å². The summed E-state index contributed by atoms with van der Waals surface area (Å²) >= 11 is 3.56. The normalized spacial score (nSPS) is 14.1. The number of carbonyl (C=O) groups is 2. The molecule has 0 bridgehead atoms. The molecule has 164 valence electrons. The summed E-state index contributed by atoms with van der Waals surface area (Å²) in [4.78, 5) is 26.9. The van der Waals surface area contributed by atoms with E-state index >= 15 is 0 Å². The van der Waals surface area contributed by atoms with Gasteiger partial charge in [-0.2, -0.15) is 0 Å². The van der Waals surface area contributed by atoms with Gasteiger partial charge in [-0.15, -0.1) is 0 Å². The van der Waals surface area contributed by atoms with Crippen molar-refractivity contribution in [2.75, 3.05) is 25.0 Å². The van der Waals surface area contributed by atoms with Gasteiger partial charge in [0.25, 0.3) is 5.91 Å². The number of piperidine rings is 1. The van der Waals surface area contributed by atoms with Gasteiger partial charge in [-0.1, -0.05) is 54.6 Å². The molecule has 1 aliphatic heterocycles. The number of amides is 2. The first kappa shape index (κ1) is 22.1. The highest BCUT2D eigenvalue weighted by molar-refractivity contribution is 9.10. The van der Waals surface area contributed by atoms with Gasteiger partial charge >= 0.3 is 0 Å². The molecule has 0 unspecified atom stereocenters. The summed E-state index contributed by atoms with van der Waals surface area (Å²) in [5, 5.41) is 6.30. The minimum Gasteiger partial charge on any atom is -0.381 e. The maximum absolute atomic E-state index is 12.6. The zero-order valence-electron chi connectivity index (χ0n) is 17.8. The number of benzene rings is 3. The van der Waals surface area contributed by atoms with Crippen molar-refractivity contribution in [1.29, 1.82) is 0 Å². The third-order valence-corrected chi connectivity index (χ3v) is 6.43. The monoisotopic (exact) mass is 491 g/mol. The number of para-hydroxylation sites is 1. The number of anilines is 1. The molecule has 0 aromatic heterocycles. The Morgan fingerprint density at radius 1 is 0.844 bits per heavy atom. The van der Waals surface area contributed by atoms with E-state index in [1.807, 2.05) is 71.6 Å². The van der Waals surface area contributed by atoms with Gasteiger partial charge in [0, 0.05) is 34.9 Å². The Labute approximate surface area is 197 Å². The van der Waals surface area contributed by atoms with E-state index in [4.69, 9.17) is 0 Å². The Morgan fingerprint density at radius 2 is 1.47 bits per heavy atom. The van der Waals surface area contributed by atoms with Crippen molar-refractivity contribution in [3.8, 4) is 11.1 Å². The van der Waals surface area contributed by atoms with Crippen LogP contribution in [0.2, 0.25) is 0 Å². The summed E-state index contributed by atoms with van der Waals surface area (Å²) in [5.41, 5.74) is 3.78. The van der Waals surface area contributed by atoms with Gasteiger partial charge in [0.2, 0.25) is 5.91 Å². The quantitative estimate of drug-likeness (QED) is 0.512. The Balaban J connectivity index is 1.23. The molecule has 5 nitrogen and oxygen atoms in total. The van der Waals surface area contributed by atoms with Crippen molar-refractivity contribution in [1.82, 2.24) is 10.2 Å². The maximum atomic E-state index is 12.6. The molecule has 1 fully saturated rings. The first-order valence-corrected chi connectivity index (χ1v) is 11.6. The third kappa shape index (κ3) is 5.56. The molecule has 1 saturated heterocycles. The van der Waals surface area contributed by atoms with Crippen LogP contribution in [0, 0.1) is 0 Å². The van der Waals surface area contributed by atoms with Crippen molar-refractivity contribution in [3.63, 3.8) is 0 Å². The minimum absolute atomic E-state index is 0.0155. The van der Waals surface area contributed by atoms with E-state index in [-0.39, 0.29) is 18.4 Å². The molecule has 1 heterocycles. The van der Waals surface area contributed by atoms with Gasteiger partial charge in [-0.05, 0) is 64.2 Å². The molecule has 0 atom stereocenters. The molecule has 3 aromatic rings. The van der Waals surface area contributed by atoms with Gasteiger partial charge in [0.1, 0.15) is 0 Å². The number of hydrogen-bond donors (Lipinski definition) is 2. The second kappa shape index (κ2) is 10.5. The summed E-state index contributed by atoms with van der Waals surface area (Å²) in [6.07, 6.45) is 1.75. The van der Waals surface area contributed by atoms with E-state index in [9.17, 15) is 9.59 Å². The Kier molecular flexibility index (Phi) is 7.22. The highest BCUT2D eigenvalue weighted by Gasteiger charge is 2.23. The molecule has 3 aromatic carbocycles. The van der Waals surface area contributed by atoms with Crippen LogP contribution < -0.4 is 10.6 Å². The molecule has 2 N–H and O–H groups in total. The number of likely N-dealkylation sites (tertiary alicyclic amines) is 1. The lowest BCUT2D eigenvalue weighted by Gasteiger charge is -2.33. The number of rotatable bonds is 6. The average molecular weight is 492 g/mol. The predicted octanol–water partition coefficient (Wildman–Crippen LogP) is 4.95. The first-order valence-electron chi connectivity index (χ1n) is 10.8. The standard InChI is InChI=1S/C26H26BrN3O2/c27-23-8-4-5-9-24(23)29-22-14-16-30(17-15-22)25(31)18-28-26(32)21-12-10-20(11-13-21)19-6-2-1-3-7-19/h1-13,22,29H,14-18H2,(H,28,32). The van der Waals surface area contributed by atoms with Crippen LogP contribution in [0.4, 0.5) is 5.69 Å². The zero-order chi connectivity index (χ0) is 22.3. The Morgan fingerprint density at radius 3 is 2.16 bits per heavy atom. The SMILES string of the molecule is O=C(NCC(=O)N1CCC(Nc2ccccc2Br)CC1)c1ccc(-c2ccccc2)cc1. The fraction of sp³-hybridized carbons (Fsp3) is 0.231. The molecule has 0 saturated carbocycles. The molecular weight excluding hydrogens is 466 g/mol. The lowest BCUT2D eigenvalue weighted by Crippen LogP contribution is -2.46. The fourth-order valence-electron chi connectivity index (χ4n) is 3.89. The number of halogens is 1. The fourth-order valence-corrected chi connectivity index (χ4v) is 4.29. The van der Waals surface area contributed by atoms with Crippen LogP contribution >= 0.6 is 15.9 Å². The summed E-state index contributed by atoms with van der Waals surface area (Å²) in [6.45, 7) is 1.38.